The van der Waals surface area contributed by atoms with E-state index in [2.05, 4.69) is 17.6 Å². The van der Waals surface area contributed by atoms with Crippen molar-refractivity contribution in [3.8, 4) is 0 Å². The molecule has 0 atom stereocenters. The summed E-state index contributed by atoms with van der Waals surface area (Å²) < 4.78 is 0. The molecule has 2 N–H and O–H groups in total. The van der Waals surface area contributed by atoms with E-state index < -0.39 is 0 Å². The van der Waals surface area contributed by atoms with E-state index in [0.29, 0.717) is 6.54 Å². The molecule has 1 aliphatic rings. The highest BCUT2D eigenvalue weighted by atomic mass is 16.1. The van der Waals surface area contributed by atoms with Crippen LogP contribution in [-0.4, -0.2) is 19.0 Å². The molecule has 0 radical (unpaired) electrons. The van der Waals surface area contributed by atoms with Crippen LogP contribution in [0, 0.1) is 0 Å². The van der Waals surface area contributed by atoms with Gasteiger partial charge in [-0.15, -0.1) is 0 Å². The number of carbonyl (C=O) groups excluding carboxylic acids is 1. The van der Waals surface area contributed by atoms with Gasteiger partial charge in [-0.3, -0.25) is 4.79 Å². The minimum Gasteiger partial charge on any atom is -0.387 e. The summed E-state index contributed by atoms with van der Waals surface area (Å²) in [6, 6.07) is 0. The van der Waals surface area contributed by atoms with Gasteiger partial charge in [0, 0.05) is 18.3 Å². The minimum absolute atomic E-state index is 0.0126. The zero-order valence-corrected chi connectivity index (χ0v) is 6.11. The van der Waals surface area contributed by atoms with Gasteiger partial charge in [-0.05, 0) is 6.42 Å². The van der Waals surface area contributed by atoms with E-state index in [1.165, 1.54) is 0 Å². The summed E-state index contributed by atoms with van der Waals surface area (Å²) in [6.07, 6.45) is 2.70. The van der Waals surface area contributed by atoms with Crippen molar-refractivity contribution in [2.24, 2.45) is 0 Å². The van der Waals surface area contributed by atoms with Crippen LogP contribution in [-0.2, 0) is 4.79 Å². The molecule has 56 valence electrons. The molecule has 0 unspecified atom stereocenters. The highest BCUT2D eigenvalue weighted by Crippen LogP contribution is 1.94. The van der Waals surface area contributed by atoms with Crippen molar-refractivity contribution < 1.29 is 4.79 Å². The molecular formula is C7H12N2O. The van der Waals surface area contributed by atoms with Crippen molar-refractivity contribution in [2.45, 2.75) is 13.3 Å². The van der Waals surface area contributed by atoms with Crippen LogP contribution in [0.15, 0.2) is 11.8 Å². The van der Waals surface area contributed by atoms with Gasteiger partial charge in [0.1, 0.15) is 0 Å². The van der Waals surface area contributed by atoms with Crippen molar-refractivity contribution in [3.05, 3.63) is 11.8 Å². The van der Waals surface area contributed by atoms with Gasteiger partial charge >= 0.3 is 0 Å². The summed E-state index contributed by atoms with van der Waals surface area (Å²) >= 11 is 0. The molecule has 1 aliphatic heterocycles. The van der Waals surface area contributed by atoms with Gasteiger partial charge in [-0.25, -0.2) is 0 Å². The Bertz CT molecular complexity index is 163. The van der Waals surface area contributed by atoms with Crippen molar-refractivity contribution in [3.63, 3.8) is 0 Å². The molecule has 0 aliphatic carbocycles. The van der Waals surface area contributed by atoms with Crippen molar-refractivity contribution in [2.75, 3.05) is 13.1 Å². The molecule has 0 aromatic heterocycles. The first-order chi connectivity index (χ1) is 4.83. The molecule has 0 saturated carbocycles. The highest BCUT2D eigenvalue weighted by Gasteiger charge is 2.08. The lowest BCUT2D eigenvalue weighted by Gasteiger charge is -2.02. The third-order valence-electron chi connectivity index (χ3n) is 1.36. The van der Waals surface area contributed by atoms with E-state index >= 15 is 0 Å². The van der Waals surface area contributed by atoms with Gasteiger partial charge in [-0.2, -0.15) is 0 Å². The van der Waals surface area contributed by atoms with E-state index in [-0.39, 0.29) is 5.91 Å². The Hall–Kier alpha value is -0.990. The second-order valence-corrected chi connectivity index (χ2v) is 2.31. The molecule has 0 aromatic carbocycles. The molecule has 1 rings (SSSR count). The Morgan fingerprint density at radius 1 is 1.80 bits per heavy atom. The van der Waals surface area contributed by atoms with Gasteiger partial charge in [0.15, 0.2) is 0 Å². The van der Waals surface area contributed by atoms with Crippen LogP contribution in [0.5, 0.6) is 0 Å². The van der Waals surface area contributed by atoms with Crippen LogP contribution in [0.1, 0.15) is 13.3 Å². The van der Waals surface area contributed by atoms with Gasteiger partial charge < -0.3 is 10.6 Å². The lowest BCUT2D eigenvalue weighted by atomic mass is 10.4. The quantitative estimate of drug-likeness (QED) is 0.579. The molecule has 1 heterocycles. The third-order valence-corrected chi connectivity index (χ3v) is 1.36. The monoisotopic (exact) mass is 140 g/mol. The topological polar surface area (TPSA) is 41.1 Å². The standard InChI is InChI=1S/C7H12N2O/c1-2-3-8-6-4-7(10)9-5-6/h4,8H,2-3,5H2,1H3,(H,9,10). The summed E-state index contributed by atoms with van der Waals surface area (Å²) in [7, 11) is 0. The van der Waals surface area contributed by atoms with Gasteiger partial charge in [0.2, 0.25) is 5.91 Å². The Morgan fingerprint density at radius 2 is 2.60 bits per heavy atom. The number of nitrogens with one attached hydrogen (secondary N) is 2. The zero-order valence-electron chi connectivity index (χ0n) is 6.11. The maximum atomic E-state index is 10.6. The molecule has 3 nitrogen and oxygen atoms in total. The van der Waals surface area contributed by atoms with Crippen molar-refractivity contribution in [1.29, 1.82) is 0 Å². The zero-order chi connectivity index (χ0) is 7.40. The molecule has 1 amide bonds. The highest BCUT2D eigenvalue weighted by molar-refractivity contribution is 5.90. The van der Waals surface area contributed by atoms with Gasteiger partial charge in [-0.1, -0.05) is 6.92 Å². The Kier molecular flexibility index (Phi) is 2.31. The SMILES string of the molecule is CCCNC1=CC(=O)NC1. The summed E-state index contributed by atoms with van der Waals surface area (Å²) in [5.74, 6) is 0.0126. The van der Waals surface area contributed by atoms with Crippen LogP contribution in [0.4, 0.5) is 0 Å². The number of carbonyl (C=O) groups is 1. The second-order valence-electron chi connectivity index (χ2n) is 2.31. The average Bonchev–Trinajstić information content (AvgIpc) is 2.31. The summed E-state index contributed by atoms with van der Waals surface area (Å²) in [6.45, 7) is 3.71. The number of amides is 1. The predicted octanol–water partition coefficient (Wildman–Crippen LogP) is -0.000300. The van der Waals surface area contributed by atoms with E-state index in [4.69, 9.17) is 0 Å². The summed E-state index contributed by atoms with van der Waals surface area (Å²) in [4.78, 5) is 10.6. The maximum Gasteiger partial charge on any atom is 0.246 e. The first kappa shape index (κ1) is 7.12. The Balaban J connectivity index is 2.28. The molecule has 0 aromatic rings. The number of hydrogen-bond donors (Lipinski definition) is 2. The molecule has 0 spiro atoms. The van der Waals surface area contributed by atoms with Gasteiger partial charge in [0.05, 0.1) is 6.54 Å². The van der Waals surface area contributed by atoms with Crippen LogP contribution < -0.4 is 10.6 Å². The lowest BCUT2D eigenvalue weighted by Crippen LogP contribution is -2.20. The van der Waals surface area contributed by atoms with E-state index in [9.17, 15) is 4.79 Å². The van der Waals surface area contributed by atoms with E-state index in [1.807, 2.05) is 0 Å². The largest absolute Gasteiger partial charge is 0.387 e. The maximum absolute atomic E-state index is 10.6. The van der Waals surface area contributed by atoms with E-state index in [0.717, 1.165) is 18.7 Å². The van der Waals surface area contributed by atoms with Gasteiger partial charge in [0.25, 0.3) is 0 Å². The average molecular weight is 140 g/mol. The summed E-state index contributed by atoms with van der Waals surface area (Å²) in [5, 5.41) is 5.82. The summed E-state index contributed by atoms with van der Waals surface area (Å²) in [5.41, 5.74) is 1.01. The first-order valence-electron chi connectivity index (χ1n) is 3.55. The molecule has 0 bridgehead atoms. The van der Waals surface area contributed by atoms with E-state index in [1.54, 1.807) is 6.08 Å². The normalized spacial score (nSPS) is 16.5. The molecule has 0 saturated heterocycles. The fourth-order valence-corrected chi connectivity index (χ4v) is 0.842. The molecular weight excluding hydrogens is 128 g/mol. The third kappa shape index (κ3) is 1.76. The number of rotatable bonds is 3. The predicted molar refractivity (Wildman–Crippen MR) is 39.4 cm³/mol. The van der Waals surface area contributed by atoms with Crippen LogP contribution in [0.2, 0.25) is 0 Å². The Labute approximate surface area is 60.5 Å². The fraction of sp³-hybridized carbons (Fsp3) is 0.571. The molecule has 0 fully saturated rings. The molecule has 3 heteroatoms. The second kappa shape index (κ2) is 3.25. The smallest absolute Gasteiger partial charge is 0.246 e. The minimum atomic E-state index is 0.0126. The van der Waals surface area contributed by atoms with Crippen molar-refractivity contribution >= 4 is 5.91 Å². The molecule has 10 heavy (non-hydrogen) atoms. The first-order valence-corrected chi connectivity index (χ1v) is 3.55. The number of hydrogen-bond acceptors (Lipinski definition) is 2. The van der Waals surface area contributed by atoms with Crippen LogP contribution >= 0.6 is 0 Å². The lowest BCUT2D eigenvalue weighted by molar-refractivity contribution is -0.115. The fourth-order valence-electron chi connectivity index (χ4n) is 0.842. The Morgan fingerprint density at radius 3 is 3.10 bits per heavy atom. The van der Waals surface area contributed by atoms with Crippen LogP contribution in [0.3, 0.4) is 0 Å². The van der Waals surface area contributed by atoms with Crippen molar-refractivity contribution in [1.82, 2.24) is 10.6 Å². The van der Waals surface area contributed by atoms with Crippen LogP contribution in [0.25, 0.3) is 0 Å².